The molecule has 1 amide bonds. The molecule has 3 N–H and O–H groups in total. The summed E-state index contributed by atoms with van der Waals surface area (Å²) in [6, 6.07) is 15.5. The van der Waals surface area contributed by atoms with Crippen molar-refractivity contribution in [3.05, 3.63) is 65.4 Å². The normalized spacial score (nSPS) is 12.5. The Morgan fingerprint density at radius 2 is 1.80 bits per heavy atom. The van der Waals surface area contributed by atoms with Crippen LogP contribution in [-0.4, -0.2) is 17.6 Å². The van der Waals surface area contributed by atoms with Crippen LogP contribution >= 0.6 is 0 Å². The zero-order chi connectivity index (χ0) is 17.8. The highest BCUT2D eigenvalue weighted by Crippen LogP contribution is 2.19. The first-order valence-electron chi connectivity index (χ1n) is 8.50. The van der Waals surface area contributed by atoms with Gasteiger partial charge in [0.25, 0.3) is 0 Å². The Labute approximate surface area is 147 Å². The SMILES string of the molecule is CC(C)c1ccc(C(N)CNC(=O)Cc2noc3ccccc23)cc1. The summed E-state index contributed by atoms with van der Waals surface area (Å²) in [5, 5.41) is 7.72. The van der Waals surface area contributed by atoms with E-state index in [2.05, 4.69) is 36.5 Å². The van der Waals surface area contributed by atoms with Crippen molar-refractivity contribution in [1.29, 1.82) is 0 Å². The fourth-order valence-electron chi connectivity index (χ4n) is 2.75. The van der Waals surface area contributed by atoms with E-state index in [-0.39, 0.29) is 18.4 Å². The van der Waals surface area contributed by atoms with Gasteiger partial charge in [-0.2, -0.15) is 0 Å². The van der Waals surface area contributed by atoms with E-state index in [1.165, 1.54) is 5.56 Å². The van der Waals surface area contributed by atoms with E-state index in [1.807, 2.05) is 36.4 Å². The number of aromatic nitrogens is 1. The lowest BCUT2D eigenvalue weighted by Gasteiger charge is -2.14. The molecule has 1 atom stereocenters. The Balaban J connectivity index is 1.56. The molecule has 0 aliphatic carbocycles. The second-order valence-electron chi connectivity index (χ2n) is 6.53. The van der Waals surface area contributed by atoms with Crippen LogP contribution in [0.1, 0.15) is 42.6 Å². The smallest absolute Gasteiger partial charge is 0.226 e. The molecular weight excluding hydrogens is 314 g/mol. The minimum atomic E-state index is -0.237. The lowest BCUT2D eigenvalue weighted by molar-refractivity contribution is -0.120. The van der Waals surface area contributed by atoms with Crippen molar-refractivity contribution >= 4 is 16.9 Å². The molecule has 0 aliphatic heterocycles. The Morgan fingerprint density at radius 3 is 2.52 bits per heavy atom. The van der Waals surface area contributed by atoms with Gasteiger partial charge in [0, 0.05) is 18.0 Å². The summed E-state index contributed by atoms with van der Waals surface area (Å²) >= 11 is 0. The largest absolute Gasteiger partial charge is 0.356 e. The van der Waals surface area contributed by atoms with Crippen molar-refractivity contribution in [1.82, 2.24) is 10.5 Å². The number of nitrogens with zero attached hydrogens (tertiary/aromatic N) is 1. The third-order valence-corrected chi connectivity index (χ3v) is 4.33. The number of amides is 1. The number of carbonyl (C=O) groups is 1. The van der Waals surface area contributed by atoms with Crippen LogP contribution in [0.5, 0.6) is 0 Å². The van der Waals surface area contributed by atoms with Gasteiger partial charge in [0.1, 0.15) is 5.69 Å². The summed E-state index contributed by atoms with van der Waals surface area (Å²) in [5.74, 6) is 0.371. The predicted molar refractivity (Wildman–Crippen MR) is 98.2 cm³/mol. The standard InChI is InChI=1S/C20H23N3O2/c1-13(2)14-7-9-15(10-8-14)17(21)12-22-20(24)11-18-16-5-3-4-6-19(16)25-23-18/h3-10,13,17H,11-12,21H2,1-2H3,(H,22,24). The van der Waals surface area contributed by atoms with Crippen LogP contribution in [-0.2, 0) is 11.2 Å². The molecule has 1 heterocycles. The van der Waals surface area contributed by atoms with Crippen LogP contribution < -0.4 is 11.1 Å². The summed E-state index contributed by atoms with van der Waals surface area (Å²) < 4.78 is 5.22. The van der Waals surface area contributed by atoms with Crippen LogP contribution in [0.25, 0.3) is 11.0 Å². The molecule has 0 fully saturated rings. The fourth-order valence-corrected chi connectivity index (χ4v) is 2.75. The molecule has 0 radical (unpaired) electrons. The molecule has 3 rings (SSSR count). The Morgan fingerprint density at radius 1 is 1.12 bits per heavy atom. The quantitative estimate of drug-likeness (QED) is 0.723. The van der Waals surface area contributed by atoms with Gasteiger partial charge in [0.05, 0.1) is 6.42 Å². The van der Waals surface area contributed by atoms with Gasteiger partial charge in [-0.3, -0.25) is 4.79 Å². The molecule has 0 saturated carbocycles. The van der Waals surface area contributed by atoms with Gasteiger partial charge in [0.15, 0.2) is 5.58 Å². The fraction of sp³-hybridized carbons (Fsp3) is 0.300. The van der Waals surface area contributed by atoms with Crippen LogP contribution in [0, 0.1) is 0 Å². The second-order valence-corrected chi connectivity index (χ2v) is 6.53. The van der Waals surface area contributed by atoms with Gasteiger partial charge in [-0.15, -0.1) is 0 Å². The summed E-state index contributed by atoms with van der Waals surface area (Å²) in [5.41, 5.74) is 9.80. The van der Waals surface area contributed by atoms with Crippen LogP contribution in [0.4, 0.5) is 0 Å². The Kier molecular flexibility index (Phi) is 5.14. The van der Waals surface area contributed by atoms with E-state index in [0.717, 1.165) is 10.9 Å². The highest BCUT2D eigenvalue weighted by Gasteiger charge is 2.13. The minimum Gasteiger partial charge on any atom is -0.356 e. The summed E-state index contributed by atoms with van der Waals surface area (Å²) in [4.78, 5) is 12.2. The Bertz CT molecular complexity index is 853. The van der Waals surface area contributed by atoms with E-state index in [9.17, 15) is 4.79 Å². The molecule has 25 heavy (non-hydrogen) atoms. The second kappa shape index (κ2) is 7.49. The lowest BCUT2D eigenvalue weighted by Crippen LogP contribution is -2.33. The highest BCUT2D eigenvalue weighted by molar-refractivity contribution is 5.86. The van der Waals surface area contributed by atoms with Gasteiger partial charge in [-0.1, -0.05) is 55.4 Å². The number of benzene rings is 2. The first kappa shape index (κ1) is 17.2. The molecule has 0 aliphatic rings. The number of nitrogens with two attached hydrogens (primary N) is 1. The first-order chi connectivity index (χ1) is 12.0. The summed E-state index contributed by atoms with van der Waals surface area (Å²) in [7, 11) is 0. The van der Waals surface area contributed by atoms with E-state index in [0.29, 0.717) is 23.7 Å². The topological polar surface area (TPSA) is 81.1 Å². The summed E-state index contributed by atoms with van der Waals surface area (Å²) in [6.07, 6.45) is 0.177. The van der Waals surface area contributed by atoms with Crippen molar-refractivity contribution < 1.29 is 9.32 Å². The van der Waals surface area contributed by atoms with E-state index in [1.54, 1.807) is 0 Å². The number of nitrogens with one attached hydrogen (secondary N) is 1. The number of rotatable bonds is 6. The van der Waals surface area contributed by atoms with Gasteiger partial charge >= 0.3 is 0 Å². The van der Waals surface area contributed by atoms with E-state index in [4.69, 9.17) is 10.3 Å². The van der Waals surface area contributed by atoms with Crippen molar-refractivity contribution in [3.63, 3.8) is 0 Å². The molecule has 0 saturated heterocycles. The molecule has 2 aromatic carbocycles. The van der Waals surface area contributed by atoms with Crippen LogP contribution in [0.15, 0.2) is 53.1 Å². The van der Waals surface area contributed by atoms with Gasteiger partial charge < -0.3 is 15.6 Å². The molecule has 130 valence electrons. The number of hydrogen-bond donors (Lipinski definition) is 2. The maximum atomic E-state index is 12.2. The average Bonchev–Trinajstić information content (AvgIpc) is 3.03. The van der Waals surface area contributed by atoms with Gasteiger partial charge in [-0.25, -0.2) is 0 Å². The van der Waals surface area contributed by atoms with Crippen molar-refractivity contribution in [2.75, 3.05) is 6.54 Å². The Hall–Kier alpha value is -2.66. The third-order valence-electron chi connectivity index (χ3n) is 4.33. The van der Waals surface area contributed by atoms with E-state index >= 15 is 0 Å². The molecule has 5 heteroatoms. The monoisotopic (exact) mass is 337 g/mol. The predicted octanol–water partition coefficient (Wildman–Crippen LogP) is 3.31. The number of carbonyl (C=O) groups excluding carboxylic acids is 1. The maximum Gasteiger partial charge on any atom is 0.226 e. The number of hydrogen-bond acceptors (Lipinski definition) is 4. The zero-order valence-electron chi connectivity index (χ0n) is 14.5. The molecule has 3 aromatic rings. The van der Waals surface area contributed by atoms with Crippen molar-refractivity contribution in [2.24, 2.45) is 5.73 Å². The first-order valence-corrected chi connectivity index (χ1v) is 8.50. The zero-order valence-corrected chi connectivity index (χ0v) is 14.5. The molecule has 0 bridgehead atoms. The van der Waals surface area contributed by atoms with Gasteiger partial charge in [-0.05, 0) is 29.2 Å². The molecule has 1 unspecified atom stereocenters. The third kappa shape index (κ3) is 4.06. The lowest BCUT2D eigenvalue weighted by atomic mass is 9.99. The number of fused-ring (bicyclic) bond motifs is 1. The molecule has 1 aromatic heterocycles. The highest BCUT2D eigenvalue weighted by atomic mass is 16.5. The van der Waals surface area contributed by atoms with Crippen LogP contribution in [0.3, 0.4) is 0 Å². The van der Waals surface area contributed by atoms with E-state index < -0.39 is 0 Å². The average molecular weight is 337 g/mol. The van der Waals surface area contributed by atoms with Crippen molar-refractivity contribution in [3.8, 4) is 0 Å². The number of para-hydroxylation sites is 1. The van der Waals surface area contributed by atoms with Crippen LogP contribution in [0.2, 0.25) is 0 Å². The molecule has 0 spiro atoms. The minimum absolute atomic E-state index is 0.117. The van der Waals surface area contributed by atoms with Crippen molar-refractivity contribution in [2.45, 2.75) is 32.2 Å². The molecular formula is C20H23N3O2. The molecule has 5 nitrogen and oxygen atoms in total. The maximum absolute atomic E-state index is 12.2. The van der Waals surface area contributed by atoms with Gasteiger partial charge in [0.2, 0.25) is 5.91 Å². The summed E-state index contributed by atoms with van der Waals surface area (Å²) in [6.45, 7) is 4.70.